The smallest absolute Gasteiger partial charge is 0.170 e. The fourth-order valence-electron chi connectivity index (χ4n) is 1.92. The fraction of sp³-hybridized carbons (Fsp3) is 0.188. The number of ether oxygens (including phenoxy) is 1. The van der Waals surface area contributed by atoms with Crippen LogP contribution in [0.25, 0.3) is 0 Å². The first kappa shape index (κ1) is 15.1. The molecule has 0 unspecified atom stereocenters. The van der Waals surface area contributed by atoms with Gasteiger partial charge in [0.1, 0.15) is 5.75 Å². The van der Waals surface area contributed by atoms with E-state index in [1.165, 1.54) is 0 Å². The zero-order chi connectivity index (χ0) is 14.7. The number of aryl methyl sites for hydroxylation is 1. The molecule has 2 nitrogen and oxygen atoms in total. The van der Waals surface area contributed by atoms with E-state index in [1.54, 1.807) is 19.2 Å². The lowest BCUT2D eigenvalue weighted by atomic mass is 10.0. The zero-order valence-corrected chi connectivity index (χ0v) is 13.6. The molecule has 0 amide bonds. The van der Waals surface area contributed by atoms with Crippen molar-refractivity contribution in [3.63, 3.8) is 0 Å². The van der Waals surface area contributed by atoms with Crippen molar-refractivity contribution < 1.29 is 9.53 Å². The number of rotatable bonds is 4. The molecule has 0 atom stereocenters. The van der Waals surface area contributed by atoms with Crippen molar-refractivity contribution in [3.05, 3.63) is 62.6 Å². The second-order valence-corrected chi connectivity index (χ2v) is 5.82. The molecular weight excluding hydrogens is 340 g/mol. The van der Waals surface area contributed by atoms with E-state index in [0.717, 1.165) is 15.6 Å². The average Bonchev–Trinajstić information content (AvgIpc) is 2.43. The summed E-state index contributed by atoms with van der Waals surface area (Å²) < 4.78 is 6.20. The van der Waals surface area contributed by atoms with Crippen LogP contribution in [0.15, 0.2) is 40.9 Å². The highest BCUT2D eigenvalue weighted by molar-refractivity contribution is 9.10. The van der Waals surface area contributed by atoms with Crippen molar-refractivity contribution in [2.45, 2.75) is 13.3 Å². The quantitative estimate of drug-likeness (QED) is 0.735. The van der Waals surface area contributed by atoms with Crippen LogP contribution >= 0.6 is 27.5 Å². The molecule has 20 heavy (non-hydrogen) atoms. The molecular formula is C16H14BrClO2. The number of halogens is 2. The molecule has 0 bridgehead atoms. The van der Waals surface area contributed by atoms with Gasteiger partial charge in [-0.25, -0.2) is 0 Å². The standard InChI is InChI=1S/C16H14BrClO2/c1-10-7-16(20-2)13(9-14(10)17)15(19)8-11-3-5-12(18)6-4-11/h3-7,9H,8H2,1-2H3. The van der Waals surface area contributed by atoms with Crippen LogP contribution in [0.4, 0.5) is 0 Å². The molecule has 0 aliphatic carbocycles. The summed E-state index contributed by atoms with van der Waals surface area (Å²) in [7, 11) is 1.57. The Bertz CT molecular complexity index is 636. The zero-order valence-electron chi connectivity index (χ0n) is 11.2. The Kier molecular flexibility index (Phi) is 4.84. The van der Waals surface area contributed by atoms with Gasteiger partial charge in [0, 0.05) is 15.9 Å². The number of Topliss-reactive ketones (excluding diaryl/α,β-unsaturated/α-hetero) is 1. The molecule has 2 rings (SSSR count). The molecule has 0 N–H and O–H groups in total. The maximum absolute atomic E-state index is 12.4. The van der Waals surface area contributed by atoms with Gasteiger partial charge in [-0.3, -0.25) is 4.79 Å². The maximum Gasteiger partial charge on any atom is 0.170 e. The topological polar surface area (TPSA) is 26.3 Å². The highest BCUT2D eigenvalue weighted by Crippen LogP contribution is 2.28. The van der Waals surface area contributed by atoms with Crippen molar-refractivity contribution in [1.82, 2.24) is 0 Å². The first-order valence-corrected chi connectivity index (χ1v) is 7.30. The summed E-state index contributed by atoms with van der Waals surface area (Å²) in [5.41, 5.74) is 2.54. The monoisotopic (exact) mass is 352 g/mol. The van der Waals surface area contributed by atoms with Crippen molar-refractivity contribution in [3.8, 4) is 5.75 Å². The minimum Gasteiger partial charge on any atom is -0.496 e. The Labute approximate surface area is 131 Å². The lowest BCUT2D eigenvalue weighted by molar-refractivity contribution is 0.0990. The van der Waals surface area contributed by atoms with Crippen molar-refractivity contribution in [2.24, 2.45) is 0 Å². The van der Waals surface area contributed by atoms with Gasteiger partial charge in [0.25, 0.3) is 0 Å². The fourth-order valence-corrected chi connectivity index (χ4v) is 2.39. The number of hydrogen-bond acceptors (Lipinski definition) is 2. The molecule has 0 saturated heterocycles. The Morgan fingerprint density at radius 1 is 1.25 bits per heavy atom. The van der Waals surface area contributed by atoms with Crippen LogP contribution in [0.3, 0.4) is 0 Å². The van der Waals surface area contributed by atoms with Gasteiger partial charge in [-0.05, 0) is 42.3 Å². The number of methoxy groups -OCH3 is 1. The third kappa shape index (κ3) is 3.41. The van der Waals surface area contributed by atoms with E-state index in [9.17, 15) is 4.79 Å². The van der Waals surface area contributed by atoms with Crippen LogP contribution in [-0.2, 0) is 6.42 Å². The number of benzene rings is 2. The van der Waals surface area contributed by atoms with E-state index in [2.05, 4.69) is 15.9 Å². The normalized spacial score (nSPS) is 10.4. The predicted octanol–water partition coefficient (Wildman–Crippen LogP) is 4.84. The summed E-state index contributed by atoms with van der Waals surface area (Å²) in [6, 6.07) is 11.0. The summed E-state index contributed by atoms with van der Waals surface area (Å²) >= 11 is 9.29. The van der Waals surface area contributed by atoms with E-state index >= 15 is 0 Å². The van der Waals surface area contributed by atoms with E-state index in [1.807, 2.05) is 31.2 Å². The molecule has 4 heteroatoms. The largest absolute Gasteiger partial charge is 0.496 e. The second kappa shape index (κ2) is 6.42. The summed E-state index contributed by atoms with van der Waals surface area (Å²) in [6.45, 7) is 1.96. The number of carbonyl (C=O) groups excluding carboxylic acids is 1. The number of carbonyl (C=O) groups is 1. The molecule has 2 aromatic carbocycles. The summed E-state index contributed by atoms with van der Waals surface area (Å²) in [5.74, 6) is 0.620. The summed E-state index contributed by atoms with van der Waals surface area (Å²) in [4.78, 5) is 12.4. The van der Waals surface area contributed by atoms with E-state index < -0.39 is 0 Å². The third-order valence-electron chi connectivity index (χ3n) is 3.06. The minimum absolute atomic E-state index is 0.0184. The number of hydrogen-bond donors (Lipinski definition) is 0. The highest BCUT2D eigenvalue weighted by atomic mass is 79.9. The SMILES string of the molecule is COc1cc(C)c(Br)cc1C(=O)Cc1ccc(Cl)cc1. The third-order valence-corrected chi connectivity index (χ3v) is 4.17. The van der Waals surface area contributed by atoms with Crippen LogP contribution in [0, 0.1) is 6.92 Å². The van der Waals surface area contributed by atoms with Crippen LogP contribution in [0.5, 0.6) is 5.75 Å². The molecule has 0 aromatic heterocycles. The van der Waals surface area contributed by atoms with Crippen LogP contribution < -0.4 is 4.74 Å². The Balaban J connectivity index is 2.29. The van der Waals surface area contributed by atoms with E-state index in [0.29, 0.717) is 22.8 Å². The predicted molar refractivity (Wildman–Crippen MR) is 84.9 cm³/mol. The van der Waals surface area contributed by atoms with Crippen LogP contribution in [0.2, 0.25) is 5.02 Å². The molecule has 0 saturated carbocycles. The molecule has 0 aliphatic heterocycles. The lowest BCUT2D eigenvalue weighted by Gasteiger charge is -2.10. The molecule has 0 radical (unpaired) electrons. The maximum atomic E-state index is 12.4. The molecule has 2 aromatic rings. The molecule has 0 aliphatic rings. The minimum atomic E-state index is 0.0184. The second-order valence-electron chi connectivity index (χ2n) is 4.53. The van der Waals surface area contributed by atoms with Gasteiger partial charge in [-0.1, -0.05) is 39.7 Å². The first-order chi connectivity index (χ1) is 9.51. The first-order valence-electron chi connectivity index (χ1n) is 6.13. The van der Waals surface area contributed by atoms with Gasteiger partial charge in [-0.15, -0.1) is 0 Å². The van der Waals surface area contributed by atoms with Gasteiger partial charge < -0.3 is 4.74 Å². The average molecular weight is 354 g/mol. The molecule has 0 spiro atoms. The Morgan fingerprint density at radius 3 is 2.50 bits per heavy atom. The van der Waals surface area contributed by atoms with Gasteiger partial charge in [-0.2, -0.15) is 0 Å². The summed E-state index contributed by atoms with van der Waals surface area (Å²) in [6.07, 6.45) is 0.322. The van der Waals surface area contributed by atoms with Gasteiger partial charge >= 0.3 is 0 Å². The Hall–Kier alpha value is -1.32. The van der Waals surface area contributed by atoms with Gasteiger partial charge in [0.2, 0.25) is 0 Å². The number of ketones is 1. The highest BCUT2D eigenvalue weighted by Gasteiger charge is 2.15. The summed E-state index contributed by atoms with van der Waals surface area (Å²) in [5, 5.41) is 0.664. The molecule has 104 valence electrons. The molecule has 0 heterocycles. The van der Waals surface area contributed by atoms with Crippen molar-refractivity contribution in [2.75, 3.05) is 7.11 Å². The lowest BCUT2D eigenvalue weighted by Crippen LogP contribution is -2.06. The van der Waals surface area contributed by atoms with E-state index in [-0.39, 0.29) is 5.78 Å². The van der Waals surface area contributed by atoms with E-state index in [4.69, 9.17) is 16.3 Å². The van der Waals surface area contributed by atoms with Crippen molar-refractivity contribution in [1.29, 1.82) is 0 Å². The van der Waals surface area contributed by atoms with Crippen LogP contribution in [0.1, 0.15) is 21.5 Å². The van der Waals surface area contributed by atoms with Gasteiger partial charge in [0.05, 0.1) is 12.7 Å². The molecule has 0 fully saturated rings. The van der Waals surface area contributed by atoms with Crippen molar-refractivity contribution >= 4 is 33.3 Å². The van der Waals surface area contributed by atoms with Gasteiger partial charge in [0.15, 0.2) is 5.78 Å². The Morgan fingerprint density at radius 2 is 1.90 bits per heavy atom. The van der Waals surface area contributed by atoms with Crippen LogP contribution in [-0.4, -0.2) is 12.9 Å².